The van der Waals surface area contributed by atoms with Gasteiger partial charge < -0.3 is 19.3 Å². The predicted molar refractivity (Wildman–Crippen MR) is 101 cm³/mol. The monoisotopic (exact) mass is 384 g/mol. The molecule has 6 nitrogen and oxygen atoms in total. The molecule has 2 fully saturated rings. The van der Waals surface area contributed by atoms with E-state index < -0.39 is 18.3 Å². The average Bonchev–Trinajstić information content (AvgIpc) is 3.49. The number of esters is 2. The van der Waals surface area contributed by atoms with Crippen molar-refractivity contribution in [2.75, 3.05) is 6.61 Å². The molecule has 0 spiro atoms. The maximum Gasteiger partial charge on any atom is 0.309 e. The molecule has 27 heavy (non-hydrogen) atoms. The minimum absolute atomic E-state index is 0.0104. The highest BCUT2D eigenvalue weighted by Gasteiger charge is 2.46. The molecule has 2 rings (SSSR count). The van der Waals surface area contributed by atoms with Crippen LogP contribution in [0.25, 0.3) is 0 Å². The van der Waals surface area contributed by atoms with E-state index >= 15 is 0 Å². The van der Waals surface area contributed by atoms with Crippen LogP contribution in [-0.4, -0.2) is 48.1 Å². The summed E-state index contributed by atoms with van der Waals surface area (Å²) < 4.78 is 17.3. The number of carbonyl (C=O) groups excluding carboxylic acids is 2. The lowest BCUT2D eigenvalue weighted by Crippen LogP contribution is -2.53. The van der Waals surface area contributed by atoms with E-state index in [4.69, 9.17) is 14.2 Å². The predicted octanol–water partition coefficient (Wildman–Crippen LogP) is 3.24. The maximum atomic E-state index is 12.4. The first-order valence-corrected chi connectivity index (χ1v) is 10.7. The van der Waals surface area contributed by atoms with Gasteiger partial charge in [-0.2, -0.15) is 0 Å². The molecule has 1 N–H and O–H groups in total. The molecular formula is C21H36O6. The summed E-state index contributed by atoms with van der Waals surface area (Å²) in [5.74, 6) is -0.437. The second kappa shape index (κ2) is 10.4. The summed E-state index contributed by atoms with van der Waals surface area (Å²) in [4.78, 5) is 24.7. The number of hydrogen-bond acceptors (Lipinski definition) is 6. The van der Waals surface area contributed by atoms with Gasteiger partial charge >= 0.3 is 11.9 Å². The lowest BCUT2D eigenvalue weighted by Gasteiger charge is -2.39. The largest absolute Gasteiger partial charge is 0.463 e. The van der Waals surface area contributed by atoms with E-state index in [2.05, 4.69) is 0 Å². The molecule has 6 heteroatoms. The highest BCUT2D eigenvalue weighted by atomic mass is 16.6. The van der Waals surface area contributed by atoms with Crippen molar-refractivity contribution in [3.8, 4) is 0 Å². The van der Waals surface area contributed by atoms with Gasteiger partial charge in [0, 0.05) is 6.42 Å². The molecule has 1 aliphatic carbocycles. The molecule has 1 saturated carbocycles. The SMILES string of the molecule is CCC(CC)C(=O)OCC1OC(C2CC2)CC(O)C1OC(=O)C(CC)CC. The maximum absolute atomic E-state index is 12.4. The van der Waals surface area contributed by atoms with Crippen molar-refractivity contribution in [1.82, 2.24) is 0 Å². The van der Waals surface area contributed by atoms with Crippen LogP contribution >= 0.6 is 0 Å². The molecule has 1 aliphatic heterocycles. The van der Waals surface area contributed by atoms with E-state index in [1.807, 2.05) is 27.7 Å². The summed E-state index contributed by atoms with van der Waals surface area (Å²) in [7, 11) is 0. The Bertz CT molecular complexity index is 481. The van der Waals surface area contributed by atoms with Crippen LogP contribution < -0.4 is 0 Å². The molecule has 0 aromatic rings. The lowest BCUT2D eigenvalue weighted by molar-refractivity contribution is -0.213. The highest BCUT2D eigenvalue weighted by Crippen LogP contribution is 2.40. The van der Waals surface area contributed by atoms with Crippen molar-refractivity contribution in [3.05, 3.63) is 0 Å². The Balaban J connectivity index is 2.03. The van der Waals surface area contributed by atoms with Crippen LogP contribution in [-0.2, 0) is 23.8 Å². The number of aliphatic hydroxyl groups excluding tert-OH is 1. The number of hydrogen-bond donors (Lipinski definition) is 1. The third-order valence-electron chi connectivity index (χ3n) is 6.00. The van der Waals surface area contributed by atoms with Crippen molar-refractivity contribution in [3.63, 3.8) is 0 Å². The first-order chi connectivity index (χ1) is 12.9. The van der Waals surface area contributed by atoms with Gasteiger partial charge in [0.25, 0.3) is 0 Å². The number of ether oxygens (including phenoxy) is 3. The molecule has 0 radical (unpaired) electrons. The molecule has 1 heterocycles. The van der Waals surface area contributed by atoms with E-state index in [9.17, 15) is 14.7 Å². The number of aliphatic hydroxyl groups is 1. The summed E-state index contributed by atoms with van der Waals surface area (Å²) in [6.07, 6.45) is 3.23. The Hall–Kier alpha value is -1.14. The van der Waals surface area contributed by atoms with Gasteiger partial charge in [0.15, 0.2) is 6.10 Å². The van der Waals surface area contributed by atoms with E-state index in [-0.39, 0.29) is 36.5 Å². The zero-order valence-corrected chi connectivity index (χ0v) is 17.2. The van der Waals surface area contributed by atoms with Crippen molar-refractivity contribution >= 4 is 11.9 Å². The van der Waals surface area contributed by atoms with Gasteiger partial charge in [0.1, 0.15) is 12.7 Å². The molecule has 4 atom stereocenters. The second-order valence-corrected chi connectivity index (χ2v) is 7.91. The summed E-state index contributed by atoms with van der Waals surface area (Å²) in [6.45, 7) is 7.82. The summed E-state index contributed by atoms with van der Waals surface area (Å²) in [5.41, 5.74) is 0. The topological polar surface area (TPSA) is 82.1 Å². The summed E-state index contributed by atoms with van der Waals surface area (Å²) in [6, 6.07) is 0. The molecule has 0 bridgehead atoms. The first-order valence-electron chi connectivity index (χ1n) is 10.7. The Morgan fingerprint density at radius 1 is 1.00 bits per heavy atom. The van der Waals surface area contributed by atoms with Gasteiger partial charge in [-0.05, 0) is 44.4 Å². The third kappa shape index (κ3) is 5.92. The van der Waals surface area contributed by atoms with Crippen molar-refractivity contribution < 1.29 is 28.9 Å². The second-order valence-electron chi connectivity index (χ2n) is 7.91. The van der Waals surface area contributed by atoms with Crippen LogP contribution in [0.5, 0.6) is 0 Å². The van der Waals surface area contributed by atoms with Crippen molar-refractivity contribution in [2.45, 2.75) is 97.1 Å². The fourth-order valence-electron chi connectivity index (χ4n) is 3.79. The first kappa shape index (κ1) is 22.2. The highest BCUT2D eigenvalue weighted by molar-refractivity contribution is 5.73. The molecule has 0 amide bonds. The molecule has 0 aromatic carbocycles. The van der Waals surface area contributed by atoms with E-state index in [0.717, 1.165) is 25.7 Å². The van der Waals surface area contributed by atoms with Crippen LogP contribution in [0.4, 0.5) is 0 Å². The zero-order valence-electron chi connectivity index (χ0n) is 17.2. The van der Waals surface area contributed by atoms with Gasteiger partial charge in [0.2, 0.25) is 0 Å². The zero-order chi connectivity index (χ0) is 20.0. The molecule has 1 saturated heterocycles. The van der Waals surface area contributed by atoms with Crippen LogP contribution in [0.15, 0.2) is 0 Å². The van der Waals surface area contributed by atoms with E-state index in [0.29, 0.717) is 25.2 Å². The minimum Gasteiger partial charge on any atom is -0.463 e. The van der Waals surface area contributed by atoms with Crippen LogP contribution in [0.2, 0.25) is 0 Å². The number of rotatable bonds is 10. The molecule has 2 aliphatic rings. The van der Waals surface area contributed by atoms with Crippen molar-refractivity contribution in [2.24, 2.45) is 17.8 Å². The normalized spacial score (nSPS) is 28.4. The smallest absolute Gasteiger partial charge is 0.309 e. The Morgan fingerprint density at radius 3 is 2.07 bits per heavy atom. The Kier molecular flexibility index (Phi) is 8.55. The van der Waals surface area contributed by atoms with Gasteiger partial charge in [-0.1, -0.05) is 27.7 Å². The third-order valence-corrected chi connectivity index (χ3v) is 6.00. The van der Waals surface area contributed by atoms with Gasteiger partial charge in [0.05, 0.1) is 24.0 Å². The Labute approximate surface area is 162 Å². The molecule has 4 unspecified atom stereocenters. The average molecular weight is 385 g/mol. The van der Waals surface area contributed by atoms with Gasteiger partial charge in [-0.25, -0.2) is 0 Å². The quantitative estimate of drug-likeness (QED) is 0.582. The standard InChI is InChI=1S/C21H36O6/c1-5-13(6-2)20(23)25-12-18-19(27-21(24)14(7-3)8-4)16(22)11-17(26-18)15-9-10-15/h13-19,22H,5-12H2,1-4H3. The van der Waals surface area contributed by atoms with Crippen LogP contribution in [0.3, 0.4) is 0 Å². The molecule has 156 valence electrons. The van der Waals surface area contributed by atoms with Gasteiger partial charge in [-0.15, -0.1) is 0 Å². The molecule has 0 aromatic heterocycles. The molecular weight excluding hydrogens is 348 g/mol. The van der Waals surface area contributed by atoms with E-state index in [1.165, 1.54) is 0 Å². The van der Waals surface area contributed by atoms with Gasteiger partial charge in [-0.3, -0.25) is 9.59 Å². The van der Waals surface area contributed by atoms with Crippen LogP contribution in [0, 0.1) is 17.8 Å². The van der Waals surface area contributed by atoms with Crippen molar-refractivity contribution in [1.29, 1.82) is 0 Å². The minimum atomic E-state index is -0.792. The fourth-order valence-corrected chi connectivity index (χ4v) is 3.79. The Morgan fingerprint density at radius 2 is 1.56 bits per heavy atom. The van der Waals surface area contributed by atoms with E-state index in [1.54, 1.807) is 0 Å². The lowest BCUT2D eigenvalue weighted by atomic mass is 9.95. The summed E-state index contributed by atoms with van der Waals surface area (Å²) >= 11 is 0. The summed E-state index contributed by atoms with van der Waals surface area (Å²) in [5, 5.41) is 10.6. The van der Waals surface area contributed by atoms with Crippen LogP contribution in [0.1, 0.15) is 72.6 Å². The number of carbonyl (C=O) groups is 2. The fraction of sp³-hybridized carbons (Fsp3) is 0.905.